The number of hydrogen-bond acceptors (Lipinski definition) is 3. The first kappa shape index (κ1) is 15.2. The molecule has 1 heterocycles. The fraction of sp³-hybridized carbons (Fsp3) is 0.500. The minimum atomic E-state index is -0.836. The summed E-state index contributed by atoms with van der Waals surface area (Å²) in [6.45, 7) is 1.54. The van der Waals surface area contributed by atoms with Gasteiger partial charge in [0.2, 0.25) is 5.91 Å². The molecule has 4 amide bonds. The second-order valence-corrected chi connectivity index (χ2v) is 7.16. The Labute approximate surface area is 140 Å². The highest BCUT2D eigenvalue weighted by atomic mass is 16.2. The molecule has 0 bridgehead atoms. The number of carbonyl (C=O) groups is 3. The first-order valence-electron chi connectivity index (χ1n) is 8.50. The summed E-state index contributed by atoms with van der Waals surface area (Å²) in [6, 6.07) is 7.54. The number of aryl methyl sites for hydroxylation is 1. The van der Waals surface area contributed by atoms with Crippen molar-refractivity contribution in [2.45, 2.75) is 44.2 Å². The van der Waals surface area contributed by atoms with Crippen molar-refractivity contribution in [2.24, 2.45) is 5.92 Å². The van der Waals surface area contributed by atoms with E-state index < -0.39 is 11.6 Å². The Morgan fingerprint density at radius 3 is 2.79 bits per heavy atom. The predicted molar refractivity (Wildman–Crippen MR) is 87.0 cm³/mol. The van der Waals surface area contributed by atoms with E-state index in [0.717, 1.165) is 36.1 Å². The van der Waals surface area contributed by atoms with Gasteiger partial charge in [0.05, 0.1) is 6.04 Å². The number of nitrogens with one attached hydrogen (secondary N) is 2. The van der Waals surface area contributed by atoms with E-state index in [4.69, 9.17) is 0 Å². The molecule has 126 valence electrons. The van der Waals surface area contributed by atoms with E-state index in [1.54, 1.807) is 6.92 Å². The third kappa shape index (κ3) is 2.37. The van der Waals surface area contributed by atoms with Crippen LogP contribution in [0.3, 0.4) is 0 Å². The molecule has 1 aromatic carbocycles. The second-order valence-electron chi connectivity index (χ2n) is 7.16. The molecule has 1 aliphatic heterocycles. The van der Waals surface area contributed by atoms with Gasteiger partial charge >= 0.3 is 6.03 Å². The molecular formula is C18H21N3O3. The summed E-state index contributed by atoms with van der Waals surface area (Å²) >= 11 is 0. The Morgan fingerprint density at radius 1 is 1.29 bits per heavy atom. The lowest BCUT2D eigenvalue weighted by Crippen LogP contribution is -2.47. The van der Waals surface area contributed by atoms with Gasteiger partial charge in [0.1, 0.15) is 12.1 Å². The Hall–Kier alpha value is -2.37. The summed E-state index contributed by atoms with van der Waals surface area (Å²) in [5.41, 5.74) is 1.54. The monoisotopic (exact) mass is 327 g/mol. The highest BCUT2D eigenvalue weighted by Crippen LogP contribution is 2.42. The molecule has 2 unspecified atom stereocenters. The summed E-state index contributed by atoms with van der Waals surface area (Å²) in [5.74, 6) is -0.374. The third-order valence-electron chi connectivity index (χ3n) is 5.46. The highest BCUT2D eigenvalue weighted by molar-refractivity contribution is 6.09. The fourth-order valence-electron chi connectivity index (χ4n) is 3.89. The predicted octanol–water partition coefficient (Wildman–Crippen LogP) is 1.51. The lowest BCUT2D eigenvalue weighted by atomic mass is 9.96. The van der Waals surface area contributed by atoms with Crippen LogP contribution in [0, 0.1) is 5.92 Å². The standard InChI is InChI=1S/C18H21N3O3/c1-18(12-7-8-12)16(23)21(17(24)20-18)10-15(22)19-14-9-6-11-4-2-3-5-13(11)14/h2-5,12,14H,6-10H2,1H3,(H,19,22)(H,20,24). The van der Waals surface area contributed by atoms with Gasteiger partial charge in [0, 0.05) is 0 Å². The number of hydrogen-bond donors (Lipinski definition) is 2. The zero-order valence-corrected chi connectivity index (χ0v) is 13.7. The molecule has 2 fully saturated rings. The molecule has 2 aliphatic carbocycles. The minimum absolute atomic E-state index is 0.0377. The van der Waals surface area contributed by atoms with Crippen molar-refractivity contribution >= 4 is 17.8 Å². The third-order valence-corrected chi connectivity index (χ3v) is 5.46. The van der Waals surface area contributed by atoms with Crippen LogP contribution in [0.25, 0.3) is 0 Å². The molecule has 0 spiro atoms. The van der Waals surface area contributed by atoms with Gasteiger partial charge in [-0.1, -0.05) is 24.3 Å². The van der Waals surface area contributed by atoms with E-state index in [-0.39, 0.29) is 30.3 Å². The molecule has 6 nitrogen and oxygen atoms in total. The first-order valence-corrected chi connectivity index (χ1v) is 8.50. The van der Waals surface area contributed by atoms with Crippen LogP contribution in [0.5, 0.6) is 0 Å². The molecule has 0 aromatic heterocycles. The number of carbonyl (C=O) groups excluding carboxylic acids is 3. The quantitative estimate of drug-likeness (QED) is 0.823. The smallest absolute Gasteiger partial charge is 0.325 e. The van der Waals surface area contributed by atoms with Crippen LogP contribution in [0.1, 0.15) is 43.4 Å². The van der Waals surface area contributed by atoms with Crippen LogP contribution in [0.15, 0.2) is 24.3 Å². The fourth-order valence-corrected chi connectivity index (χ4v) is 3.89. The van der Waals surface area contributed by atoms with Crippen molar-refractivity contribution in [3.8, 4) is 0 Å². The number of amides is 4. The molecule has 2 N–H and O–H groups in total. The van der Waals surface area contributed by atoms with Gasteiger partial charge in [-0.05, 0) is 49.7 Å². The molecule has 1 saturated heterocycles. The van der Waals surface area contributed by atoms with Crippen LogP contribution in [-0.4, -0.2) is 34.8 Å². The van der Waals surface area contributed by atoms with E-state index >= 15 is 0 Å². The molecule has 24 heavy (non-hydrogen) atoms. The Bertz CT molecular complexity index is 728. The number of imide groups is 1. The molecule has 6 heteroatoms. The lowest BCUT2D eigenvalue weighted by Gasteiger charge is -2.21. The van der Waals surface area contributed by atoms with Gasteiger partial charge in [-0.25, -0.2) is 4.79 Å². The van der Waals surface area contributed by atoms with Gasteiger partial charge in [-0.15, -0.1) is 0 Å². The summed E-state index contributed by atoms with van der Waals surface area (Å²) in [6.07, 6.45) is 3.68. The van der Waals surface area contributed by atoms with Gasteiger partial charge in [-0.3, -0.25) is 14.5 Å². The van der Waals surface area contributed by atoms with E-state index in [0.29, 0.717) is 0 Å². The Balaban J connectivity index is 1.42. The molecule has 0 radical (unpaired) electrons. The van der Waals surface area contributed by atoms with Crippen LogP contribution in [-0.2, 0) is 16.0 Å². The Morgan fingerprint density at radius 2 is 2.04 bits per heavy atom. The SMILES string of the molecule is CC1(C2CC2)NC(=O)N(CC(=O)NC2CCc3ccccc32)C1=O. The summed E-state index contributed by atoms with van der Waals surface area (Å²) < 4.78 is 0. The highest BCUT2D eigenvalue weighted by Gasteiger charge is 2.56. The maximum Gasteiger partial charge on any atom is 0.325 e. The first-order chi connectivity index (χ1) is 11.5. The summed E-state index contributed by atoms with van der Waals surface area (Å²) in [4.78, 5) is 38.1. The van der Waals surface area contributed by atoms with Gasteiger partial charge < -0.3 is 10.6 Å². The zero-order chi connectivity index (χ0) is 16.9. The molecule has 2 atom stereocenters. The van der Waals surface area contributed by atoms with Crippen molar-refractivity contribution in [1.29, 1.82) is 0 Å². The van der Waals surface area contributed by atoms with Crippen LogP contribution >= 0.6 is 0 Å². The van der Waals surface area contributed by atoms with Crippen molar-refractivity contribution in [2.75, 3.05) is 6.54 Å². The molecule has 1 aromatic rings. The maximum absolute atomic E-state index is 12.6. The van der Waals surface area contributed by atoms with Crippen LogP contribution in [0.4, 0.5) is 4.79 Å². The largest absolute Gasteiger partial charge is 0.348 e. The number of nitrogens with zero attached hydrogens (tertiary/aromatic N) is 1. The molecule has 4 rings (SSSR count). The second kappa shape index (κ2) is 5.33. The topological polar surface area (TPSA) is 78.5 Å². The van der Waals surface area contributed by atoms with Crippen LogP contribution in [0.2, 0.25) is 0 Å². The van der Waals surface area contributed by atoms with E-state index in [2.05, 4.69) is 16.7 Å². The van der Waals surface area contributed by atoms with Crippen molar-refractivity contribution in [1.82, 2.24) is 15.5 Å². The number of benzene rings is 1. The summed E-state index contributed by atoms with van der Waals surface area (Å²) in [5, 5.41) is 5.73. The van der Waals surface area contributed by atoms with Crippen molar-refractivity contribution in [3.05, 3.63) is 35.4 Å². The minimum Gasteiger partial charge on any atom is -0.348 e. The number of urea groups is 1. The van der Waals surface area contributed by atoms with Crippen molar-refractivity contribution in [3.63, 3.8) is 0 Å². The average Bonchev–Trinajstić information content (AvgIpc) is 3.31. The maximum atomic E-state index is 12.6. The van der Waals surface area contributed by atoms with E-state index in [1.807, 2.05) is 18.2 Å². The Kier molecular flexibility index (Phi) is 3.37. The van der Waals surface area contributed by atoms with Gasteiger partial charge in [0.15, 0.2) is 0 Å². The van der Waals surface area contributed by atoms with Gasteiger partial charge in [0.25, 0.3) is 5.91 Å². The summed E-state index contributed by atoms with van der Waals surface area (Å²) in [7, 11) is 0. The average molecular weight is 327 g/mol. The molecule has 3 aliphatic rings. The molecule has 1 saturated carbocycles. The lowest BCUT2D eigenvalue weighted by molar-refractivity contribution is -0.135. The van der Waals surface area contributed by atoms with Crippen molar-refractivity contribution < 1.29 is 14.4 Å². The normalized spacial score (nSPS) is 28.7. The van der Waals surface area contributed by atoms with Crippen LogP contribution < -0.4 is 10.6 Å². The number of rotatable bonds is 4. The number of fused-ring (bicyclic) bond motifs is 1. The van der Waals surface area contributed by atoms with E-state index in [9.17, 15) is 14.4 Å². The molecular weight excluding hydrogens is 306 g/mol. The zero-order valence-electron chi connectivity index (χ0n) is 13.7. The van der Waals surface area contributed by atoms with Gasteiger partial charge in [-0.2, -0.15) is 0 Å². The van der Waals surface area contributed by atoms with E-state index in [1.165, 1.54) is 5.56 Å².